The maximum atomic E-state index is 12.7. The van der Waals surface area contributed by atoms with Crippen LogP contribution in [0.5, 0.6) is 5.75 Å². The summed E-state index contributed by atoms with van der Waals surface area (Å²) in [7, 11) is 0. The Morgan fingerprint density at radius 3 is 2.72 bits per heavy atom. The molecule has 128 valence electrons. The van der Waals surface area contributed by atoms with Crippen LogP contribution >= 0.6 is 15.9 Å². The predicted octanol–water partition coefficient (Wildman–Crippen LogP) is 4.13. The maximum Gasteiger partial charge on any atom is 0.325 e. The average molecular weight is 404 g/mol. The fourth-order valence-corrected chi connectivity index (χ4v) is 3.72. The topological polar surface area (TPSA) is 84.7 Å². The Labute approximate surface area is 151 Å². The Morgan fingerprint density at radius 1 is 1.32 bits per heavy atom. The van der Waals surface area contributed by atoms with E-state index in [2.05, 4.69) is 21.2 Å². The molecular weight excluding hydrogens is 390 g/mol. The molecule has 2 aromatic carbocycles. The number of carbonyl (C=O) groups excluding carboxylic acids is 1. The molecule has 2 amide bonds. The summed E-state index contributed by atoms with van der Waals surface area (Å²) in [6.07, 6.45) is 0.489. The van der Waals surface area contributed by atoms with E-state index in [-0.39, 0.29) is 17.8 Å². The van der Waals surface area contributed by atoms with Gasteiger partial charge < -0.3 is 10.1 Å². The van der Waals surface area contributed by atoms with Gasteiger partial charge in [0.25, 0.3) is 5.69 Å². The van der Waals surface area contributed by atoms with E-state index in [1.807, 2.05) is 31.2 Å². The molecule has 8 heteroatoms. The predicted molar refractivity (Wildman–Crippen MR) is 94.6 cm³/mol. The number of ether oxygens (including phenoxy) is 1. The zero-order chi connectivity index (χ0) is 17.8. The van der Waals surface area contributed by atoms with Gasteiger partial charge in [-0.1, -0.05) is 15.9 Å². The Hall–Kier alpha value is -2.61. The number of non-ortho nitro benzene ring substituents is 1. The van der Waals surface area contributed by atoms with Crippen molar-refractivity contribution in [3.8, 4) is 5.75 Å². The van der Waals surface area contributed by atoms with Crippen LogP contribution in [0, 0.1) is 10.1 Å². The minimum absolute atomic E-state index is 0.0180. The third-order valence-electron chi connectivity index (χ3n) is 4.55. The van der Waals surface area contributed by atoms with Gasteiger partial charge >= 0.3 is 6.03 Å². The fourth-order valence-electron chi connectivity index (χ4n) is 3.46. The van der Waals surface area contributed by atoms with Gasteiger partial charge in [0.05, 0.1) is 11.0 Å². The van der Waals surface area contributed by atoms with Crippen LogP contribution in [0.2, 0.25) is 0 Å². The number of rotatable bonds is 2. The first-order chi connectivity index (χ1) is 11.9. The number of nitrogens with one attached hydrogen (secondary N) is 1. The van der Waals surface area contributed by atoms with Gasteiger partial charge in [-0.3, -0.25) is 15.0 Å². The van der Waals surface area contributed by atoms with E-state index in [1.54, 1.807) is 11.0 Å². The number of urea groups is 1. The molecule has 0 aromatic heterocycles. The highest BCUT2D eigenvalue weighted by Crippen LogP contribution is 2.46. The molecule has 2 aliphatic rings. The quantitative estimate of drug-likeness (QED) is 0.603. The summed E-state index contributed by atoms with van der Waals surface area (Å²) < 4.78 is 7.04. The summed E-state index contributed by atoms with van der Waals surface area (Å²) in [5.41, 5.74) is 0.460. The largest absolute Gasteiger partial charge is 0.467 e. The Balaban J connectivity index is 1.77. The lowest BCUT2D eigenvalue weighted by molar-refractivity contribution is -0.385. The first-order valence-corrected chi connectivity index (χ1v) is 8.50. The molecule has 0 unspecified atom stereocenters. The van der Waals surface area contributed by atoms with Gasteiger partial charge in [-0.25, -0.2) is 4.79 Å². The van der Waals surface area contributed by atoms with Crippen LogP contribution in [0.15, 0.2) is 46.9 Å². The smallest absolute Gasteiger partial charge is 0.325 e. The Kier molecular flexibility index (Phi) is 3.47. The number of nitrogens with zero attached hydrogens (tertiary/aromatic N) is 2. The number of benzene rings is 2. The minimum atomic E-state index is -0.871. The van der Waals surface area contributed by atoms with Crippen molar-refractivity contribution in [3.63, 3.8) is 0 Å². The number of amides is 2. The van der Waals surface area contributed by atoms with Gasteiger partial charge in [0.2, 0.25) is 0 Å². The van der Waals surface area contributed by atoms with Crippen LogP contribution in [-0.2, 0) is 0 Å². The number of nitro benzene ring substituents is 1. The van der Waals surface area contributed by atoms with Gasteiger partial charge in [-0.2, -0.15) is 0 Å². The summed E-state index contributed by atoms with van der Waals surface area (Å²) in [6.45, 7) is 1.85. The molecule has 0 radical (unpaired) electrons. The minimum Gasteiger partial charge on any atom is -0.467 e. The summed E-state index contributed by atoms with van der Waals surface area (Å²) in [5.74, 6) is 0.548. The molecular formula is C17H14BrN3O4. The standard InChI is InChI=1S/C17H14BrN3O4/c1-17-9-14(13-8-12(21(23)24)6-7-15(13)25-17)19-16(22)20(17)11-4-2-10(18)3-5-11/h2-8,14H,9H2,1H3,(H,19,22)/t14-,17+/m0/s1. The molecule has 1 N–H and O–H groups in total. The van der Waals surface area contributed by atoms with E-state index in [4.69, 9.17) is 4.74 Å². The van der Waals surface area contributed by atoms with Crippen LogP contribution in [0.3, 0.4) is 0 Å². The SMILES string of the molecule is C[C@@]12C[C@H](NC(=O)N1c1ccc(Br)cc1)c1cc([N+](=O)[O-])ccc1O2. The Morgan fingerprint density at radius 2 is 2.04 bits per heavy atom. The molecule has 2 atom stereocenters. The van der Waals surface area contributed by atoms with Crippen LogP contribution < -0.4 is 15.0 Å². The van der Waals surface area contributed by atoms with Crippen LogP contribution in [-0.4, -0.2) is 16.7 Å². The maximum absolute atomic E-state index is 12.7. The highest BCUT2D eigenvalue weighted by Gasteiger charge is 2.50. The van der Waals surface area contributed by atoms with Crippen molar-refractivity contribution in [2.75, 3.05) is 4.90 Å². The Bertz CT molecular complexity index is 886. The van der Waals surface area contributed by atoms with Gasteiger partial charge in [0.15, 0.2) is 5.72 Å². The molecule has 1 fully saturated rings. The monoisotopic (exact) mass is 403 g/mol. The number of nitro groups is 1. The second kappa shape index (κ2) is 5.45. The zero-order valence-electron chi connectivity index (χ0n) is 13.2. The number of hydrogen-bond acceptors (Lipinski definition) is 4. The summed E-state index contributed by atoms with van der Waals surface area (Å²) in [6, 6.07) is 11.2. The molecule has 2 bridgehead atoms. The molecule has 2 aromatic rings. The first-order valence-electron chi connectivity index (χ1n) is 7.71. The number of halogens is 1. The normalized spacial score (nSPS) is 24.2. The lowest BCUT2D eigenvalue weighted by Crippen LogP contribution is -2.65. The molecule has 0 spiro atoms. The van der Waals surface area contributed by atoms with Crippen LogP contribution in [0.4, 0.5) is 16.2 Å². The van der Waals surface area contributed by atoms with E-state index in [0.717, 1.165) is 4.47 Å². The van der Waals surface area contributed by atoms with Crippen molar-refractivity contribution in [2.24, 2.45) is 0 Å². The van der Waals surface area contributed by atoms with Gasteiger partial charge in [-0.15, -0.1) is 0 Å². The van der Waals surface area contributed by atoms with E-state index in [1.165, 1.54) is 12.1 Å². The molecule has 4 rings (SSSR count). The summed E-state index contributed by atoms with van der Waals surface area (Å²) in [5, 5.41) is 13.9. The third-order valence-corrected chi connectivity index (χ3v) is 5.08. The summed E-state index contributed by atoms with van der Waals surface area (Å²) >= 11 is 3.39. The highest BCUT2D eigenvalue weighted by molar-refractivity contribution is 9.10. The van der Waals surface area contributed by atoms with E-state index in [9.17, 15) is 14.9 Å². The van der Waals surface area contributed by atoms with Gasteiger partial charge in [0.1, 0.15) is 5.75 Å². The zero-order valence-corrected chi connectivity index (χ0v) is 14.8. The second-order valence-electron chi connectivity index (χ2n) is 6.27. The van der Waals surface area contributed by atoms with Crippen molar-refractivity contribution in [1.82, 2.24) is 5.32 Å². The number of carbonyl (C=O) groups is 1. The van der Waals surface area contributed by atoms with E-state index >= 15 is 0 Å². The fraction of sp³-hybridized carbons (Fsp3) is 0.235. The van der Waals surface area contributed by atoms with Crippen molar-refractivity contribution in [2.45, 2.75) is 25.1 Å². The molecule has 0 aliphatic carbocycles. The van der Waals surface area contributed by atoms with Crippen molar-refractivity contribution in [3.05, 3.63) is 62.6 Å². The molecule has 0 saturated carbocycles. The highest BCUT2D eigenvalue weighted by atomic mass is 79.9. The summed E-state index contributed by atoms with van der Waals surface area (Å²) in [4.78, 5) is 24.9. The molecule has 2 heterocycles. The lowest BCUT2D eigenvalue weighted by atomic mass is 9.90. The second-order valence-corrected chi connectivity index (χ2v) is 7.19. The van der Waals surface area contributed by atoms with Crippen molar-refractivity contribution in [1.29, 1.82) is 0 Å². The lowest BCUT2D eigenvalue weighted by Gasteiger charge is -2.50. The molecule has 2 aliphatic heterocycles. The third kappa shape index (κ3) is 2.53. The van der Waals surface area contributed by atoms with Crippen molar-refractivity contribution < 1.29 is 14.5 Å². The van der Waals surface area contributed by atoms with E-state index in [0.29, 0.717) is 23.4 Å². The number of fused-ring (bicyclic) bond motifs is 4. The number of hydrogen-bond donors (Lipinski definition) is 1. The van der Waals surface area contributed by atoms with Gasteiger partial charge in [0, 0.05) is 34.3 Å². The van der Waals surface area contributed by atoms with Crippen LogP contribution in [0.25, 0.3) is 0 Å². The average Bonchev–Trinajstić information content (AvgIpc) is 2.55. The van der Waals surface area contributed by atoms with Gasteiger partial charge in [-0.05, 0) is 37.3 Å². The van der Waals surface area contributed by atoms with Crippen LogP contribution in [0.1, 0.15) is 24.9 Å². The van der Waals surface area contributed by atoms with Crippen molar-refractivity contribution >= 4 is 33.3 Å². The first kappa shape index (κ1) is 15.9. The molecule has 7 nitrogen and oxygen atoms in total. The molecule has 25 heavy (non-hydrogen) atoms. The van der Waals surface area contributed by atoms with E-state index < -0.39 is 10.6 Å². The number of anilines is 1. The molecule has 1 saturated heterocycles.